The molecule has 0 saturated carbocycles. The minimum atomic E-state index is -0.243. The number of pyridine rings is 1. The third-order valence-electron chi connectivity index (χ3n) is 5.97. The third-order valence-corrected chi connectivity index (χ3v) is 5.97. The Morgan fingerprint density at radius 3 is 2.57 bits per heavy atom. The van der Waals surface area contributed by atoms with Gasteiger partial charge in [-0.1, -0.05) is 30.3 Å². The first-order valence-electron chi connectivity index (χ1n) is 11.5. The van der Waals surface area contributed by atoms with Gasteiger partial charge in [0.25, 0.3) is 5.91 Å². The molecule has 0 radical (unpaired) electrons. The number of rotatable bonds is 8. The van der Waals surface area contributed by atoms with Crippen molar-refractivity contribution >= 4 is 23.4 Å². The van der Waals surface area contributed by atoms with Gasteiger partial charge in [-0.2, -0.15) is 4.98 Å². The number of fused-ring (bicyclic) bond motifs is 1. The van der Waals surface area contributed by atoms with Crippen LogP contribution in [0.4, 0.5) is 17.5 Å². The van der Waals surface area contributed by atoms with E-state index in [4.69, 9.17) is 9.72 Å². The van der Waals surface area contributed by atoms with Gasteiger partial charge in [-0.05, 0) is 53.4 Å². The van der Waals surface area contributed by atoms with Gasteiger partial charge in [0, 0.05) is 43.9 Å². The quantitative estimate of drug-likeness (QED) is 0.404. The Morgan fingerprint density at radius 1 is 1.00 bits per heavy atom. The second kappa shape index (κ2) is 10.2. The van der Waals surface area contributed by atoms with Crippen LogP contribution < -0.4 is 20.3 Å². The molecule has 3 heterocycles. The van der Waals surface area contributed by atoms with E-state index in [-0.39, 0.29) is 5.91 Å². The normalized spacial score (nSPS) is 12.2. The molecule has 2 N–H and O–H groups in total. The van der Waals surface area contributed by atoms with Crippen molar-refractivity contribution in [3.05, 3.63) is 102 Å². The smallest absolute Gasteiger partial charge is 0.256 e. The van der Waals surface area contributed by atoms with Crippen molar-refractivity contribution in [2.24, 2.45) is 0 Å². The van der Waals surface area contributed by atoms with Gasteiger partial charge >= 0.3 is 0 Å². The van der Waals surface area contributed by atoms with Crippen molar-refractivity contribution < 1.29 is 9.53 Å². The fourth-order valence-corrected chi connectivity index (χ4v) is 4.06. The first-order valence-corrected chi connectivity index (χ1v) is 11.5. The van der Waals surface area contributed by atoms with E-state index in [1.54, 1.807) is 25.7 Å². The predicted octanol–water partition coefficient (Wildman–Crippen LogP) is 4.12. The van der Waals surface area contributed by atoms with E-state index < -0.39 is 0 Å². The molecule has 2 aromatic carbocycles. The van der Waals surface area contributed by atoms with E-state index in [0.717, 1.165) is 35.5 Å². The largest absolute Gasteiger partial charge is 0.497 e. The van der Waals surface area contributed by atoms with Gasteiger partial charge in [0.1, 0.15) is 17.1 Å². The molecule has 0 spiro atoms. The number of anilines is 3. The lowest BCUT2D eigenvalue weighted by molar-refractivity contribution is 0.0951. The van der Waals surface area contributed by atoms with Crippen LogP contribution in [0.5, 0.6) is 5.75 Å². The third kappa shape index (κ3) is 5.06. The minimum Gasteiger partial charge on any atom is -0.497 e. The lowest BCUT2D eigenvalue weighted by Crippen LogP contribution is -2.26. The van der Waals surface area contributed by atoms with Gasteiger partial charge < -0.3 is 20.3 Å². The van der Waals surface area contributed by atoms with Gasteiger partial charge in [0.05, 0.1) is 7.11 Å². The second-order valence-electron chi connectivity index (χ2n) is 8.20. The predicted molar refractivity (Wildman–Crippen MR) is 135 cm³/mol. The molecule has 4 aromatic rings. The zero-order valence-corrected chi connectivity index (χ0v) is 19.4. The van der Waals surface area contributed by atoms with Crippen LogP contribution in [-0.4, -0.2) is 34.5 Å². The lowest BCUT2D eigenvalue weighted by atomic mass is 10.2. The Morgan fingerprint density at radius 2 is 1.77 bits per heavy atom. The van der Waals surface area contributed by atoms with E-state index in [1.807, 2.05) is 48.5 Å². The number of carbonyl (C=O) groups excluding carboxylic acids is 1. The van der Waals surface area contributed by atoms with Crippen LogP contribution in [0.3, 0.4) is 0 Å². The van der Waals surface area contributed by atoms with Crippen LogP contribution in [0.2, 0.25) is 0 Å². The summed E-state index contributed by atoms with van der Waals surface area (Å²) in [4.78, 5) is 28.5. The first kappa shape index (κ1) is 22.3. The van der Waals surface area contributed by atoms with Crippen molar-refractivity contribution in [3.8, 4) is 5.75 Å². The molecule has 0 fully saturated rings. The average Bonchev–Trinajstić information content (AvgIpc) is 3.35. The highest BCUT2D eigenvalue weighted by molar-refractivity contribution is 5.98. The molecule has 0 saturated heterocycles. The molecule has 2 aromatic heterocycles. The highest BCUT2D eigenvalue weighted by Gasteiger charge is 2.24. The number of amides is 1. The highest BCUT2D eigenvalue weighted by atomic mass is 16.5. The van der Waals surface area contributed by atoms with Crippen molar-refractivity contribution in [1.82, 2.24) is 20.3 Å². The van der Waals surface area contributed by atoms with E-state index in [9.17, 15) is 4.79 Å². The Bertz CT molecular complexity index is 1310. The highest BCUT2D eigenvalue weighted by Crippen LogP contribution is 2.33. The number of nitrogens with one attached hydrogen (secondary N) is 2. The Kier molecular flexibility index (Phi) is 6.52. The lowest BCUT2D eigenvalue weighted by Gasteiger charge is -2.19. The molecule has 0 unspecified atom stereocenters. The molecule has 0 bridgehead atoms. The summed E-state index contributed by atoms with van der Waals surface area (Å²) < 4.78 is 5.24. The summed E-state index contributed by atoms with van der Waals surface area (Å²) in [5.41, 5.74) is 4.77. The molecule has 0 aliphatic carbocycles. The molecule has 8 heteroatoms. The van der Waals surface area contributed by atoms with Crippen LogP contribution in [0.25, 0.3) is 0 Å². The van der Waals surface area contributed by atoms with E-state index in [0.29, 0.717) is 30.4 Å². The fourth-order valence-electron chi connectivity index (χ4n) is 4.06. The minimum absolute atomic E-state index is 0.243. The van der Waals surface area contributed by atoms with Crippen LogP contribution in [0, 0.1) is 0 Å². The maximum Gasteiger partial charge on any atom is 0.256 e. The number of hydrogen-bond donors (Lipinski definition) is 2. The van der Waals surface area contributed by atoms with Crippen LogP contribution in [0.15, 0.2) is 79.3 Å². The summed E-state index contributed by atoms with van der Waals surface area (Å²) in [6.45, 7) is 1.69. The van der Waals surface area contributed by atoms with Crippen molar-refractivity contribution in [1.29, 1.82) is 0 Å². The molecule has 1 amide bonds. The summed E-state index contributed by atoms with van der Waals surface area (Å²) in [6, 6.07) is 19.8. The van der Waals surface area contributed by atoms with Crippen LogP contribution in [-0.2, 0) is 19.5 Å². The van der Waals surface area contributed by atoms with Gasteiger partial charge in [-0.3, -0.25) is 9.78 Å². The van der Waals surface area contributed by atoms with Crippen molar-refractivity contribution in [2.75, 3.05) is 23.9 Å². The van der Waals surface area contributed by atoms with Crippen molar-refractivity contribution in [3.63, 3.8) is 0 Å². The molecular weight excluding hydrogens is 440 g/mol. The fraction of sp³-hybridized carbons (Fsp3) is 0.185. The summed E-state index contributed by atoms with van der Waals surface area (Å²) >= 11 is 0. The topological polar surface area (TPSA) is 92.3 Å². The standard InChI is InChI=1S/C27H26N6O2/c1-35-22-8-6-19(7-9-22)16-29-25-23(26(34)30-17-20-10-13-28-14-11-20)18-31-27(32-25)33-15-12-21-4-2-3-5-24(21)33/h2-11,13-14,18H,12,15-17H2,1H3,(H,30,34)(H,29,31,32). The van der Waals surface area contributed by atoms with Gasteiger partial charge in [-0.15, -0.1) is 0 Å². The molecule has 176 valence electrons. The van der Waals surface area contributed by atoms with E-state index in [1.165, 1.54) is 5.56 Å². The number of carbonyl (C=O) groups is 1. The molecule has 35 heavy (non-hydrogen) atoms. The molecule has 1 aliphatic rings. The number of ether oxygens (including phenoxy) is 1. The van der Waals surface area contributed by atoms with Gasteiger partial charge in [-0.25, -0.2) is 4.98 Å². The number of aromatic nitrogens is 3. The first-order chi connectivity index (χ1) is 17.2. The molecule has 8 nitrogen and oxygen atoms in total. The summed E-state index contributed by atoms with van der Waals surface area (Å²) in [5, 5.41) is 6.30. The Labute approximate surface area is 204 Å². The summed E-state index contributed by atoms with van der Waals surface area (Å²) in [5.74, 6) is 1.61. The maximum absolute atomic E-state index is 13.1. The monoisotopic (exact) mass is 466 g/mol. The Balaban J connectivity index is 1.40. The van der Waals surface area contributed by atoms with Crippen molar-refractivity contribution in [2.45, 2.75) is 19.5 Å². The number of para-hydroxylation sites is 1. The zero-order chi connectivity index (χ0) is 24.0. The van der Waals surface area contributed by atoms with E-state index >= 15 is 0 Å². The van der Waals surface area contributed by atoms with Crippen LogP contribution in [0.1, 0.15) is 27.0 Å². The Hall–Kier alpha value is -4.46. The molecule has 0 atom stereocenters. The van der Waals surface area contributed by atoms with Gasteiger partial charge in [0.15, 0.2) is 0 Å². The number of hydrogen-bond acceptors (Lipinski definition) is 7. The van der Waals surface area contributed by atoms with Gasteiger partial charge in [0.2, 0.25) is 5.95 Å². The zero-order valence-electron chi connectivity index (χ0n) is 19.4. The number of nitrogens with zero attached hydrogens (tertiary/aromatic N) is 4. The molecule has 5 rings (SSSR count). The number of methoxy groups -OCH3 is 1. The van der Waals surface area contributed by atoms with E-state index in [2.05, 4.69) is 37.6 Å². The molecule has 1 aliphatic heterocycles. The van der Waals surface area contributed by atoms with Crippen LogP contribution >= 0.6 is 0 Å². The average molecular weight is 467 g/mol. The maximum atomic E-state index is 13.1. The summed E-state index contributed by atoms with van der Waals surface area (Å²) in [6.07, 6.45) is 5.94. The number of benzene rings is 2. The molecular formula is C27H26N6O2. The summed E-state index contributed by atoms with van der Waals surface area (Å²) in [7, 11) is 1.64. The second-order valence-corrected chi connectivity index (χ2v) is 8.20. The SMILES string of the molecule is COc1ccc(CNc2nc(N3CCc4ccccc43)ncc2C(=O)NCc2ccncc2)cc1.